The minimum absolute atomic E-state index is 0.0401. The van der Waals surface area contributed by atoms with Crippen molar-refractivity contribution >= 4 is 21.6 Å². The Morgan fingerprint density at radius 2 is 1.74 bits per heavy atom. The number of carbonyl (C=O) groups is 1. The van der Waals surface area contributed by atoms with Crippen LogP contribution in [0.3, 0.4) is 0 Å². The second-order valence-corrected chi connectivity index (χ2v) is 9.58. The van der Waals surface area contributed by atoms with Crippen LogP contribution < -0.4 is 5.32 Å². The van der Waals surface area contributed by atoms with Crippen LogP contribution in [0.5, 0.6) is 0 Å². The average Bonchev–Trinajstić information content (AvgIpc) is 3.09. The lowest BCUT2D eigenvalue weighted by Crippen LogP contribution is -2.40. The first kappa shape index (κ1) is 23.9. The van der Waals surface area contributed by atoms with Crippen molar-refractivity contribution in [3.63, 3.8) is 0 Å². The van der Waals surface area contributed by atoms with Crippen LogP contribution in [0.4, 0.5) is 18.9 Å². The van der Waals surface area contributed by atoms with Crippen molar-refractivity contribution in [3.8, 4) is 5.69 Å². The highest BCUT2D eigenvalue weighted by molar-refractivity contribution is 7.89. The minimum Gasteiger partial charge on any atom is -0.379 e. The van der Waals surface area contributed by atoms with E-state index < -0.39 is 38.3 Å². The van der Waals surface area contributed by atoms with Gasteiger partial charge in [0.15, 0.2) is 5.82 Å². The van der Waals surface area contributed by atoms with Gasteiger partial charge in [-0.15, -0.1) is 0 Å². The summed E-state index contributed by atoms with van der Waals surface area (Å²) < 4.78 is 75.2. The summed E-state index contributed by atoms with van der Waals surface area (Å²) in [5.41, 5.74) is 0.677. The molecule has 1 aliphatic heterocycles. The molecule has 1 fully saturated rings. The van der Waals surface area contributed by atoms with Crippen LogP contribution in [-0.4, -0.2) is 54.7 Å². The van der Waals surface area contributed by atoms with E-state index in [1.807, 2.05) is 0 Å². The molecule has 0 aliphatic carbocycles. The lowest BCUT2D eigenvalue weighted by Gasteiger charge is -2.26. The number of hydrogen-bond acceptors (Lipinski definition) is 5. The third-order valence-corrected chi connectivity index (χ3v) is 7.35. The molecule has 0 saturated carbocycles. The molecule has 4 rings (SSSR count). The standard InChI is InChI=1S/C22H21F3N4O4S/c1-13-21(14(2)29(27-13)19-6-3-15(23)11-18(19)25)22(30)26-16-4-5-17(24)20(12-16)34(31,32)28-7-9-33-10-8-28/h3-6,11-12H,7-10H2,1-2H3,(H,26,30). The van der Waals surface area contributed by atoms with Crippen LogP contribution in [0.25, 0.3) is 5.69 Å². The van der Waals surface area contributed by atoms with Crippen molar-refractivity contribution in [1.82, 2.24) is 14.1 Å². The largest absolute Gasteiger partial charge is 0.379 e. The smallest absolute Gasteiger partial charge is 0.259 e. The maximum Gasteiger partial charge on any atom is 0.259 e. The van der Waals surface area contributed by atoms with Gasteiger partial charge in [-0.05, 0) is 44.2 Å². The molecular formula is C22H21F3N4O4S. The number of nitrogens with one attached hydrogen (secondary N) is 1. The fourth-order valence-electron chi connectivity index (χ4n) is 3.76. The monoisotopic (exact) mass is 494 g/mol. The number of aromatic nitrogens is 2. The van der Waals surface area contributed by atoms with Crippen LogP contribution in [0, 0.1) is 31.3 Å². The summed E-state index contributed by atoms with van der Waals surface area (Å²) in [7, 11) is -4.13. The van der Waals surface area contributed by atoms with E-state index in [9.17, 15) is 26.4 Å². The molecule has 0 radical (unpaired) electrons. The number of benzene rings is 2. The highest BCUT2D eigenvalue weighted by atomic mass is 32.2. The van der Waals surface area contributed by atoms with Gasteiger partial charge in [0.2, 0.25) is 10.0 Å². The summed E-state index contributed by atoms with van der Waals surface area (Å²) in [5.74, 6) is -3.20. The molecule has 12 heteroatoms. The van der Waals surface area contributed by atoms with Gasteiger partial charge in [0.25, 0.3) is 5.91 Å². The van der Waals surface area contributed by atoms with Crippen molar-refractivity contribution < 1.29 is 31.1 Å². The number of rotatable bonds is 5. The van der Waals surface area contributed by atoms with E-state index in [-0.39, 0.29) is 54.6 Å². The van der Waals surface area contributed by atoms with Crippen molar-refractivity contribution in [2.45, 2.75) is 18.7 Å². The van der Waals surface area contributed by atoms with E-state index >= 15 is 0 Å². The SMILES string of the molecule is Cc1nn(-c2ccc(F)cc2F)c(C)c1C(=O)Nc1ccc(F)c(S(=O)(=O)N2CCOCC2)c1. The van der Waals surface area contributed by atoms with Gasteiger partial charge < -0.3 is 10.1 Å². The number of ether oxygens (including phenoxy) is 1. The molecular weight excluding hydrogens is 473 g/mol. The Morgan fingerprint density at radius 3 is 2.41 bits per heavy atom. The van der Waals surface area contributed by atoms with Crippen molar-refractivity contribution in [2.75, 3.05) is 31.6 Å². The number of morpholine rings is 1. The van der Waals surface area contributed by atoms with Crippen molar-refractivity contribution in [1.29, 1.82) is 0 Å². The molecule has 0 spiro atoms. The lowest BCUT2D eigenvalue weighted by atomic mass is 10.1. The van der Waals surface area contributed by atoms with E-state index in [0.717, 1.165) is 22.5 Å². The highest BCUT2D eigenvalue weighted by Gasteiger charge is 2.30. The summed E-state index contributed by atoms with van der Waals surface area (Å²) in [5, 5.41) is 6.74. The molecule has 3 aromatic rings. The Labute approximate surface area is 194 Å². The summed E-state index contributed by atoms with van der Waals surface area (Å²) in [6, 6.07) is 6.23. The summed E-state index contributed by atoms with van der Waals surface area (Å²) in [6.45, 7) is 3.67. The molecule has 1 aliphatic rings. The Hall–Kier alpha value is -3.22. The van der Waals surface area contributed by atoms with Crippen LogP contribution >= 0.6 is 0 Å². The quantitative estimate of drug-likeness (QED) is 0.588. The maximum atomic E-state index is 14.4. The predicted molar refractivity (Wildman–Crippen MR) is 117 cm³/mol. The van der Waals surface area contributed by atoms with Crippen LogP contribution in [0.1, 0.15) is 21.7 Å². The lowest BCUT2D eigenvalue weighted by molar-refractivity contribution is 0.0729. The average molecular weight is 494 g/mol. The van der Waals surface area contributed by atoms with Gasteiger partial charge in [-0.25, -0.2) is 26.3 Å². The van der Waals surface area contributed by atoms with Crippen LogP contribution in [0.15, 0.2) is 41.3 Å². The molecule has 34 heavy (non-hydrogen) atoms. The number of amides is 1. The first-order valence-electron chi connectivity index (χ1n) is 10.3. The highest BCUT2D eigenvalue weighted by Crippen LogP contribution is 2.26. The van der Waals surface area contributed by atoms with Gasteiger partial charge in [-0.3, -0.25) is 4.79 Å². The molecule has 1 amide bonds. The van der Waals surface area contributed by atoms with E-state index in [1.165, 1.54) is 23.7 Å². The second kappa shape index (κ2) is 9.20. The zero-order valence-corrected chi connectivity index (χ0v) is 19.1. The maximum absolute atomic E-state index is 14.4. The first-order valence-corrected chi connectivity index (χ1v) is 11.7. The number of anilines is 1. The topological polar surface area (TPSA) is 93.5 Å². The molecule has 0 atom stereocenters. The number of sulfonamides is 1. The van der Waals surface area contributed by atoms with Gasteiger partial charge >= 0.3 is 0 Å². The Morgan fingerprint density at radius 1 is 1.03 bits per heavy atom. The Kier molecular flexibility index (Phi) is 6.47. The molecule has 2 heterocycles. The van der Waals surface area contributed by atoms with Gasteiger partial charge in [-0.1, -0.05) is 0 Å². The fraction of sp³-hybridized carbons (Fsp3) is 0.273. The normalized spacial score (nSPS) is 14.9. The number of aryl methyl sites for hydroxylation is 1. The van der Waals surface area contributed by atoms with Crippen LogP contribution in [-0.2, 0) is 14.8 Å². The second-order valence-electron chi connectivity index (χ2n) is 7.67. The van der Waals surface area contributed by atoms with E-state index in [4.69, 9.17) is 4.74 Å². The first-order chi connectivity index (χ1) is 16.1. The van der Waals surface area contributed by atoms with Crippen molar-refractivity contribution in [3.05, 3.63) is 70.8 Å². The van der Waals surface area contributed by atoms with Gasteiger partial charge in [-0.2, -0.15) is 9.40 Å². The van der Waals surface area contributed by atoms with Gasteiger partial charge in [0.1, 0.15) is 22.2 Å². The van der Waals surface area contributed by atoms with Crippen LogP contribution in [0.2, 0.25) is 0 Å². The molecule has 1 N–H and O–H groups in total. The predicted octanol–water partition coefficient (Wildman–Crippen LogP) is 3.18. The number of hydrogen-bond donors (Lipinski definition) is 1. The minimum atomic E-state index is -4.13. The molecule has 2 aromatic carbocycles. The fourth-order valence-corrected chi connectivity index (χ4v) is 5.26. The zero-order valence-electron chi connectivity index (χ0n) is 18.3. The molecule has 0 bridgehead atoms. The number of carbonyl (C=O) groups excluding carboxylic acids is 1. The van der Waals surface area contributed by atoms with E-state index in [0.29, 0.717) is 6.07 Å². The van der Waals surface area contributed by atoms with Gasteiger partial charge in [0, 0.05) is 24.8 Å². The molecule has 1 saturated heterocycles. The van der Waals surface area contributed by atoms with Gasteiger partial charge in [0.05, 0.1) is 30.2 Å². The zero-order chi connectivity index (χ0) is 24.6. The molecule has 1 aromatic heterocycles. The van der Waals surface area contributed by atoms with E-state index in [2.05, 4.69) is 10.4 Å². The Balaban J connectivity index is 1.64. The molecule has 8 nitrogen and oxygen atoms in total. The van der Waals surface area contributed by atoms with E-state index in [1.54, 1.807) is 6.92 Å². The summed E-state index contributed by atoms with van der Waals surface area (Å²) in [4.78, 5) is 12.4. The van der Waals surface area contributed by atoms with Crippen molar-refractivity contribution in [2.24, 2.45) is 0 Å². The third kappa shape index (κ3) is 4.43. The molecule has 0 unspecified atom stereocenters. The number of nitrogens with zero attached hydrogens (tertiary/aromatic N) is 3. The summed E-state index contributed by atoms with van der Waals surface area (Å²) >= 11 is 0. The third-order valence-electron chi connectivity index (χ3n) is 5.43. The summed E-state index contributed by atoms with van der Waals surface area (Å²) in [6.07, 6.45) is 0. The molecule has 180 valence electrons. The number of halogens is 3. The Bertz CT molecular complexity index is 1370.